The molecule has 134 valence electrons. The molecule has 0 atom stereocenters. The molecule has 0 bridgehead atoms. The Kier molecular flexibility index (Phi) is 4.59. The van der Waals surface area contributed by atoms with Crippen LogP contribution in [0.5, 0.6) is 0 Å². The van der Waals surface area contributed by atoms with Gasteiger partial charge in [-0.2, -0.15) is 0 Å². The molecule has 1 aliphatic heterocycles. The van der Waals surface area contributed by atoms with Gasteiger partial charge < -0.3 is 9.80 Å². The van der Waals surface area contributed by atoms with Crippen molar-refractivity contribution in [3.05, 3.63) is 58.1 Å². The van der Waals surface area contributed by atoms with Crippen molar-refractivity contribution < 1.29 is 4.79 Å². The Bertz CT molecular complexity index is 976. The van der Waals surface area contributed by atoms with Crippen LogP contribution in [-0.4, -0.2) is 42.0 Å². The molecule has 1 aromatic heterocycles. The molecule has 2 heterocycles. The Balaban J connectivity index is 1.49. The van der Waals surface area contributed by atoms with Crippen molar-refractivity contribution in [2.24, 2.45) is 0 Å². The van der Waals surface area contributed by atoms with Gasteiger partial charge in [0, 0.05) is 36.8 Å². The van der Waals surface area contributed by atoms with Gasteiger partial charge in [-0.15, -0.1) is 0 Å². The fourth-order valence-corrected chi connectivity index (χ4v) is 4.54. The lowest BCUT2D eigenvalue weighted by Gasteiger charge is -2.34. The van der Waals surface area contributed by atoms with Gasteiger partial charge in [-0.05, 0) is 43.2 Å². The molecular formula is C20H20ClN3OS. The van der Waals surface area contributed by atoms with E-state index in [2.05, 4.69) is 4.90 Å². The first-order valence-corrected chi connectivity index (χ1v) is 9.89. The smallest absolute Gasteiger partial charge is 0.254 e. The molecule has 6 heteroatoms. The predicted octanol–water partition coefficient (Wildman–Crippen LogP) is 4.53. The second-order valence-corrected chi connectivity index (χ2v) is 8.03. The van der Waals surface area contributed by atoms with Crippen LogP contribution in [0.15, 0.2) is 36.4 Å². The number of halogens is 1. The minimum atomic E-state index is 0.120. The van der Waals surface area contributed by atoms with Gasteiger partial charge in [0.05, 0.1) is 10.2 Å². The second-order valence-electron chi connectivity index (χ2n) is 6.61. The number of hydrogen-bond acceptors (Lipinski definition) is 4. The number of benzene rings is 2. The monoisotopic (exact) mass is 385 g/mol. The fourth-order valence-electron chi connectivity index (χ4n) is 3.31. The molecule has 3 aromatic rings. The fraction of sp³-hybridized carbons (Fsp3) is 0.300. The summed E-state index contributed by atoms with van der Waals surface area (Å²) in [6.07, 6.45) is 0. The van der Waals surface area contributed by atoms with Crippen molar-refractivity contribution in [2.45, 2.75) is 13.8 Å². The summed E-state index contributed by atoms with van der Waals surface area (Å²) in [6, 6.07) is 11.7. The molecule has 0 saturated carbocycles. The lowest BCUT2D eigenvalue weighted by Crippen LogP contribution is -2.48. The number of aryl methyl sites for hydroxylation is 2. The maximum absolute atomic E-state index is 12.8. The average Bonchev–Trinajstić information content (AvgIpc) is 3.10. The van der Waals surface area contributed by atoms with Gasteiger partial charge in [-0.1, -0.05) is 41.1 Å². The van der Waals surface area contributed by atoms with Crippen LogP contribution >= 0.6 is 22.9 Å². The Hall–Kier alpha value is -2.11. The Morgan fingerprint density at radius 2 is 1.81 bits per heavy atom. The van der Waals surface area contributed by atoms with Crippen LogP contribution in [0.2, 0.25) is 5.02 Å². The topological polar surface area (TPSA) is 36.4 Å². The zero-order valence-corrected chi connectivity index (χ0v) is 16.4. The zero-order chi connectivity index (χ0) is 18.3. The van der Waals surface area contributed by atoms with E-state index in [4.69, 9.17) is 16.6 Å². The molecule has 26 heavy (non-hydrogen) atoms. The molecular weight excluding hydrogens is 366 g/mol. The Morgan fingerprint density at radius 1 is 1.08 bits per heavy atom. The van der Waals surface area contributed by atoms with Gasteiger partial charge in [-0.3, -0.25) is 4.79 Å². The quantitative estimate of drug-likeness (QED) is 0.650. The number of carbonyl (C=O) groups excluding carboxylic acids is 1. The highest BCUT2D eigenvalue weighted by atomic mass is 35.5. The highest BCUT2D eigenvalue weighted by Gasteiger charge is 2.24. The lowest BCUT2D eigenvalue weighted by atomic mass is 10.1. The van der Waals surface area contributed by atoms with Crippen LogP contribution in [0, 0.1) is 13.8 Å². The number of hydrogen-bond donors (Lipinski definition) is 0. The molecule has 0 unspecified atom stereocenters. The molecule has 0 radical (unpaired) electrons. The normalized spacial score (nSPS) is 14.9. The highest BCUT2D eigenvalue weighted by Crippen LogP contribution is 2.33. The maximum atomic E-state index is 12.8. The predicted molar refractivity (Wildman–Crippen MR) is 109 cm³/mol. The Labute approximate surface area is 162 Å². The van der Waals surface area contributed by atoms with E-state index in [1.807, 2.05) is 55.1 Å². The first kappa shape index (κ1) is 17.3. The molecule has 0 N–H and O–H groups in total. The third-order valence-corrected chi connectivity index (χ3v) is 6.44. The molecule has 0 aliphatic carbocycles. The molecule has 1 amide bonds. The number of thiazole rings is 1. The first-order valence-electron chi connectivity index (χ1n) is 8.70. The molecule has 1 aliphatic rings. The van der Waals surface area contributed by atoms with E-state index >= 15 is 0 Å². The largest absolute Gasteiger partial charge is 0.345 e. The summed E-state index contributed by atoms with van der Waals surface area (Å²) in [7, 11) is 0. The van der Waals surface area contributed by atoms with Crippen LogP contribution in [0.4, 0.5) is 5.13 Å². The molecule has 1 saturated heterocycles. The van der Waals surface area contributed by atoms with Crippen molar-refractivity contribution in [1.29, 1.82) is 0 Å². The van der Waals surface area contributed by atoms with E-state index in [0.717, 1.165) is 50.2 Å². The third kappa shape index (κ3) is 3.06. The molecule has 4 nitrogen and oxygen atoms in total. The van der Waals surface area contributed by atoms with Gasteiger partial charge in [0.2, 0.25) is 0 Å². The molecule has 2 aromatic carbocycles. The maximum Gasteiger partial charge on any atom is 0.254 e. The second kappa shape index (κ2) is 6.89. The van der Waals surface area contributed by atoms with E-state index in [9.17, 15) is 4.79 Å². The number of carbonyl (C=O) groups is 1. The lowest BCUT2D eigenvalue weighted by molar-refractivity contribution is 0.0746. The van der Waals surface area contributed by atoms with Crippen molar-refractivity contribution in [2.75, 3.05) is 31.1 Å². The summed E-state index contributed by atoms with van der Waals surface area (Å²) < 4.78 is 1.15. The number of rotatable bonds is 2. The number of piperazine rings is 1. The zero-order valence-electron chi connectivity index (χ0n) is 14.8. The van der Waals surface area contributed by atoms with E-state index in [-0.39, 0.29) is 5.91 Å². The summed E-state index contributed by atoms with van der Waals surface area (Å²) in [5, 5.41) is 1.76. The number of fused-ring (bicyclic) bond motifs is 1. The van der Waals surface area contributed by atoms with E-state index < -0.39 is 0 Å². The van der Waals surface area contributed by atoms with Gasteiger partial charge in [0.25, 0.3) is 5.91 Å². The van der Waals surface area contributed by atoms with Crippen molar-refractivity contribution in [3.63, 3.8) is 0 Å². The summed E-state index contributed by atoms with van der Waals surface area (Å²) >= 11 is 7.90. The van der Waals surface area contributed by atoms with Gasteiger partial charge in [0.1, 0.15) is 0 Å². The number of nitrogens with zero attached hydrogens (tertiary/aromatic N) is 3. The van der Waals surface area contributed by atoms with Crippen LogP contribution in [-0.2, 0) is 0 Å². The van der Waals surface area contributed by atoms with E-state index in [1.54, 1.807) is 11.3 Å². The van der Waals surface area contributed by atoms with Crippen molar-refractivity contribution in [1.82, 2.24) is 9.88 Å². The summed E-state index contributed by atoms with van der Waals surface area (Å²) in [5.74, 6) is 0.120. The first-order chi connectivity index (χ1) is 12.5. The summed E-state index contributed by atoms with van der Waals surface area (Å²) in [4.78, 5) is 21.8. The molecule has 1 fully saturated rings. The Morgan fingerprint density at radius 3 is 2.54 bits per heavy atom. The third-order valence-electron chi connectivity index (χ3n) is 4.95. The van der Waals surface area contributed by atoms with Gasteiger partial charge >= 0.3 is 0 Å². The van der Waals surface area contributed by atoms with E-state index in [0.29, 0.717) is 13.1 Å². The van der Waals surface area contributed by atoms with Crippen LogP contribution in [0.1, 0.15) is 21.5 Å². The molecule has 0 spiro atoms. The van der Waals surface area contributed by atoms with Crippen LogP contribution in [0.25, 0.3) is 10.2 Å². The number of aromatic nitrogens is 1. The van der Waals surface area contributed by atoms with Crippen LogP contribution in [0.3, 0.4) is 0 Å². The van der Waals surface area contributed by atoms with Crippen molar-refractivity contribution >= 4 is 44.2 Å². The summed E-state index contributed by atoms with van der Waals surface area (Å²) in [6.45, 7) is 7.01. The average molecular weight is 386 g/mol. The van der Waals surface area contributed by atoms with Gasteiger partial charge in [0.15, 0.2) is 5.13 Å². The minimum absolute atomic E-state index is 0.120. The minimum Gasteiger partial charge on any atom is -0.345 e. The standard InChI is InChI=1S/C20H20ClN3OS/c1-13-5-3-4-6-15(13)19(25)23-9-11-24(12-10-23)20-22-18-14(2)16(21)7-8-17(18)26-20/h3-8H,9-12H2,1-2H3. The highest BCUT2D eigenvalue weighted by molar-refractivity contribution is 7.22. The number of anilines is 1. The van der Waals surface area contributed by atoms with Crippen LogP contribution < -0.4 is 4.90 Å². The SMILES string of the molecule is Cc1ccccc1C(=O)N1CCN(c2nc3c(C)c(Cl)ccc3s2)CC1. The van der Waals surface area contributed by atoms with Gasteiger partial charge in [-0.25, -0.2) is 4.98 Å². The van der Waals surface area contributed by atoms with Crippen molar-refractivity contribution in [3.8, 4) is 0 Å². The summed E-state index contributed by atoms with van der Waals surface area (Å²) in [5.41, 5.74) is 3.83. The number of amides is 1. The van der Waals surface area contributed by atoms with E-state index in [1.165, 1.54) is 0 Å². The molecule has 4 rings (SSSR count).